The largest absolute Gasteiger partial charge is 0.456 e. The van der Waals surface area contributed by atoms with E-state index in [1.165, 1.54) is 0 Å². The van der Waals surface area contributed by atoms with Crippen molar-refractivity contribution >= 4 is 21.9 Å². The van der Waals surface area contributed by atoms with Crippen molar-refractivity contribution in [1.82, 2.24) is 0 Å². The van der Waals surface area contributed by atoms with Crippen molar-refractivity contribution in [2.75, 3.05) is 5.33 Å². The first-order valence-electron chi connectivity index (χ1n) is 5.31. The van der Waals surface area contributed by atoms with Gasteiger partial charge in [0.25, 0.3) is 0 Å². The van der Waals surface area contributed by atoms with Gasteiger partial charge in [0.15, 0.2) is 0 Å². The Morgan fingerprint density at radius 1 is 1.35 bits per heavy atom. The van der Waals surface area contributed by atoms with E-state index in [-0.39, 0.29) is 5.97 Å². The highest BCUT2D eigenvalue weighted by Crippen LogP contribution is 2.14. The summed E-state index contributed by atoms with van der Waals surface area (Å²) < 4.78 is 5.33. The second-order valence-electron chi connectivity index (χ2n) is 4.48. The summed E-state index contributed by atoms with van der Waals surface area (Å²) in [7, 11) is 0. The van der Waals surface area contributed by atoms with E-state index in [9.17, 15) is 4.79 Å². The van der Waals surface area contributed by atoms with E-state index in [0.717, 1.165) is 0 Å². The van der Waals surface area contributed by atoms with E-state index in [0.29, 0.717) is 16.5 Å². The number of benzene rings is 1. The Morgan fingerprint density at radius 2 is 2.00 bits per heavy atom. The first kappa shape index (κ1) is 13.8. The number of esters is 1. The van der Waals surface area contributed by atoms with Crippen molar-refractivity contribution in [3.8, 4) is 11.8 Å². The van der Waals surface area contributed by atoms with Crippen LogP contribution in [-0.2, 0) is 4.74 Å². The van der Waals surface area contributed by atoms with Gasteiger partial charge >= 0.3 is 5.97 Å². The lowest BCUT2D eigenvalue weighted by Crippen LogP contribution is -2.24. The summed E-state index contributed by atoms with van der Waals surface area (Å²) in [5, 5.41) is 0.579. The summed E-state index contributed by atoms with van der Waals surface area (Å²) in [6.07, 6.45) is 0. The van der Waals surface area contributed by atoms with Gasteiger partial charge in [0.2, 0.25) is 0 Å². The van der Waals surface area contributed by atoms with Gasteiger partial charge in [-0.3, -0.25) is 0 Å². The predicted molar refractivity (Wildman–Crippen MR) is 72.3 cm³/mol. The molecule has 3 heteroatoms. The van der Waals surface area contributed by atoms with Crippen LogP contribution >= 0.6 is 15.9 Å². The zero-order valence-corrected chi connectivity index (χ0v) is 11.8. The first-order chi connectivity index (χ1) is 7.94. The van der Waals surface area contributed by atoms with Crippen LogP contribution in [0.2, 0.25) is 0 Å². The molecule has 1 aromatic carbocycles. The molecule has 0 aliphatic heterocycles. The Morgan fingerprint density at radius 3 is 2.59 bits per heavy atom. The van der Waals surface area contributed by atoms with Crippen molar-refractivity contribution in [3.05, 3.63) is 35.4 Å². The maximum Gasteiger partial charge on any atom is 0.339 e. The van der Waals surface area contributed by atoms with E-state index in [1.54, 1.807) is 12.1 Å². The smallest absolute Gasteiger partial charge is 0.339 e. The third-order valence-corrected chi connectivity index (χ3v) is 2.12. The molecule has 2 nitrogen and oxygen atoms in total. The Hall–Kier alpha value is -1.27. The Balaban J connectivity index is 3.01. The van der Waals surface area contributed by atoms with E-state index in [2.05, 4.69) is 27.8 Å². The van der Waals surface area contributed by atoms with Crippen LogP contribution in [-0.4, -0.2) is 16.9 Å². The first-order valence-corrected chi connectivity index (χ1v) is 6.43. The van der Waals surface area contributed by atoms with Crippen LogP contribution in [0.5, 0.6) is 0 Å². The Labute approximate surface area is 110 Å². The predicted octanol–water partition coefficient (Wildman–Crippen LogP) is 3.39. The normalized spacial score (nSPS) is 10.4. The second kappa shape index (κ2) is 5.88. The van der Waals surface area contributed by atoms with E-state index < -0.39 is 5.60 Å². The molecule has 90 valence electrons. The molecule has 0 amide bonds. The molecule has 0 unspecified atom stereocenters. The lowest BCUT2D eigenvalue weighted by Gasteiger charge is -2.19. The number of hydrogen-bond donors (Lipinski definition) is 0. The fourth-order valence-corrected chi connectivity index (χ4v) is 1.37. The number of alkyl halides is 1. The maximum absolute atomic E-state index is 11.9. The van der Waals surface area contributed by atoms with Crippen LogP contribution in [0.25, 0.3) is 0 Å². The van der Waals surface area contributed by atoms with Crippen molar-refractivity contribution in [2.24, 2.45) is 0 Å². The van der Waals surface area contributed by atoms with Crippen LogP contribution in [0.15, 0.2) is 24.3 Å². The average molecular weight is 295 g/mol. The summed E-state index contributed by atoms with van der Waals surface area (Å²) >= 11 is 3.23. The van der Waals surface area contributed by atoms with Gasteiger partial charge in [-0.25, -0.2) is 4.79 Å². The van der Waals surface area contributed by atoms with Crippen LogP contribution in [0.1, 0.15) is 36.7 Å². The molecule has 17 heavy (non-hydrogen) atoms. The summed E-state index contributed by atoms with van der Waals surface area (Å²) in [6.45, 7) is 5.53. The quantitative estimate of drug-likeness (QED) is 0.451. The molecule has 0 saturated carbocycles. The van der Waals surface area contributed by atoms with Gasteiger partial charge in [0.1, 0.15) is 5.60 Å². The number of ether oxygens (including phenoxy) is 1. The highest BCUT2D eigenvalue weighted by molar-refractivity contribution is 9.09. The number of carbonyl (C=O) groups is 1. The molecule has 0 atom stereocenters. The van der Waals surface area contributed by atoms with Crippen LogP contribution in [0, 0.1) is 11.8 Å². The molecule has 0 fully saturated rings. The number of carbonyl (C=O) groups excluding carboxylic acids is 1. The van der Waals surface area contributed by atoms with Crippen molar-refractivity contribution in [3.63, 3.8) is 0 Å². The number of hydrogen-bond acceptors (Lipinski definition) is 2. The maximum atomic E-state index is 11.9. The highest BCUT2D eigenvalue weighted by atomic mass is 79.9. The zero-order chi connectivity index (χ0) is 12.9. The molecule has 0 bridgehead atoms. The highest BCUT2D eigenvalue weighted by Gasteiger charge is 2.19. The molecule has 0 N–H and O–H groups in total. The van der Waals surface area contributed by atoms with Gasteiger partial charge in [-0.2, -0.15) is 0 Å². The minimum absolute atomic E-state index is 0.336. The molecule has 0 saturated heterocycles. The molecule has 0 aliphatic rings. The van der Waals surface area contributed by atoms with Crippen LogP contribution in [0.3, 0.4) is 0 Å². The molecule has 0 aliphatic carbocycles. The Bertz CT molecular complexity index is 461. The lowest BCUT2D eigenvalue weighted by atomic mass is 10.1. The Kier molecular flexibility index (Phi) is 4.77. The average Bonchev–Trinajstić information content (AvgIpc) is 2.24. The lowest BCUT2D eigenvalue weighted by molar-refractivity contribution is 0.00693. The molecule has 0 spiro atoms. The topological polar surface area (TPSA) is 26.3 Å². The fraction of sp³-hybridized carbons (Fsp3) is 0.357. The van der Waals surface area contributed by atoms with E-state index >= 15 is 0 Å². The molecule has 0 aromatic heterocycles. The van der Waals surface area contributed by atoms with E-state index in [4.69, 9.17) is 4.74 Å². The zero-order valence-electron chi connectivity index (χ0n) is 10.2. The summed E-state index contributed by atoms with van der Waals surface area (Å²) in [5.41, 5.74) is 0.713. The van der Waals surface area contributed by atoms with E-state index in [1.807, 2.05) is 32.9 Å². The van der Waals surface area contributed by atoms with Gasteiger partial charge in [-0.1, -0.05) is 39.9 Å². The minimum Gasteiger partial charge on any atom is -0.456 e. The summed E-state index contributed by atoms with van der Waals surface area (Å²) in [5.74, 6) is 5.48. The van der Waals surface area contributed by atoms with Crippen LogP contribution in [0.4, 0.5) is 0 Å². The standard InChI is InChI=1S/C14H15BrO2/c1-14(2,3)17-13(16)12-9-5-4-7-11(12)8-6-10-15/h4-5,7,9H,10H2,1-3H3. The van der Waals surface area contributed by atoms with Crippen LogP contribution < -0.4 is 0 Å². The second-order valence-corrected chi connectivity index (χ2v) is 5.04. The minimum atomic E-state index is -0.493. The molecular weight excluding hydrogens is 280 g/mol. The summed E-state index contributed by atoms with van der Waals surface area (Å²) in [4.78, 5) is 11.9. The molecule has 1 aromatic rings. The van der Waals surface area contributed by atoms with Gasteiger partial charge in [0.05, 0.1) is 10.9 Å². The number of rotatable bonds is 1. The third kappa shape index (κ3) is 4.62. The molecule has 0 heterocycles. The monoisotopic (exact) mass is 294 g/mol. The van der Waals surface area contributed by atoms with Crippen molar-refractivity contribution < 1.29 is 9.53 Å². The van der Waals surface area contributed by atoms with Crippen molar-refractivity contribution in [1.29, 1.82) is 0 Å². The SMILES string of the molecule is CC(C)(C)OC(=O)c1ccccc1C#CCBr. The van der Waals surface area contributed by atoms with Crippen molar-refractivity contribution in [2.45, 2.75) is 26.4 Å². The molecule has 0 radical (unpaired) electrons. The molecular formula is C14H15BrO2. The van der Waals surface area contributed by atoms with Gasteiger partial charge in [0, 0.05) is 5.56 Å². The van der Waals surface area contributed by atoms with Gasteiger partial charge in [-0.05, 0) is 32.9 Å². The summed E-state index contributed by atoms with van der Waals surface area (Å²) in [6, 6.07) is 7.20. The van der Waals surface area contributed by atoms with Gasteiger partial charge in [-0.15, -0.1) is 0 Å². The third-order valence-electron chi connectivity index (χ3n) is 1.84. The molecule has 1 rings (SSSR count). The fourth-order valence-electron chi connectivity index (χ4n) is 1.23. The number of halogens is 1. The van der Waals surface area contributed by atoms with Gasteiger partial charge < -0.3 is 4.74 Å².